The van der Waals surface area contributed by atoms with Crippen molar-refractivity contribution in [1.29, 1.82) is 0 Å². The molecule has 1 aliphatic rings. The molecular weight excluding hydrogens is 268 g/mol. The van der Waals surface area contributed by atoms with Crippen molar-refractivity contribution in [2.24, 2.45) is 5.92 Å². The number of rotatable bonds is 3. The fraction of sp³-hybridized carbons (Fsp3) is 0.583. The van der Waals surface area contributed by atoms with Crippen molar-refractivity contribution in [2.75, 3.05) is 19.7 Å². The lowest BCUT2D eigenvalue weighted by atomic mass is 9.98. The summed E-state index contributed by atoms with van der Waals surface area (Å²) < 4.78 is 0.884. The minimum Gasteiger partial charge on any atom is -0.396 e. The number of hydrogen-bond donors (Lipinski definition) is 1. The first-order valence-corrected chi connectivity index (χ1v) is 6.51. The first-order chi connectivity index (χ1) is 7.78. The largest absolute Gasteiger partial charge is 0.396 e. The van der Waals surface area contributed by atoms with E-state index in [1.807, 2.05) is 12.3 Å². The first-order valence-electron chi connectivity index (χ1n) is 5.71. The Labute approximate surface area is 105 Å². The lowest BCUT2D eigenvalue weighted by Gasteiger charge is -2.30. The molecule has 0 saturated carbocycles. The van der Waals surface area contributed by atoms with E-state index in [4.69, 9.17) is 5.11 Å². The highest BCUT2D eigenvalue weighted by Crippen LogP contribution is 2.18. The topological polar surface area (TPSA) is 36.4 Å². The molecule has 0 aliphatic carbocycles. The summed E-state index contributed by atoms with van der Waals surface area (Å²) in [4.78, 5) is 6.65. The zero-order valence-corrected chi connectivity index (χ0v) is 10.9. The van der Waals surface area contributed by atoms with E-state index in [1.165, 1.54) is 5.56 Å². The number of piperidine rings is 1. The highest BCUT2D eigenvalue weighted by molar-refractivity contribution is 9.10. The molecule has 0 bridgehead atoms. The first kappa shape index (κ1) is 12.0. The summed E-state index contributed by atoms with van der Waals surface area (Å²) in [6.07, 6.45) is 4.14. The zero-order valence-electron chi connectivity index (χ0n) is 9.27. The number of aliphatic hydroxyl groups is 1. The lowest BCUT2D eigenvalue weighted by molar-refractivity contribution is 0.127. The highest BCUT2D eigenvalue weighted by Gasteiger charge is 2.18. The number of aliphatic hydroxyl groups excluding tert-OH is 1. The molecule has 1 aromatic heterocycles. The molecule has 0 atom stereocenters. The van der Waals surface area contributed by atoms with Crippen LogP contribution in [0.2, 0.25) is 0 Å². The summed E-state index contributed by atoms with van der Waals surface area (Å²) in [5, 5.41) is 9.06. The Bertz CT molecular complexity index is 320. The van der Waals surface area contributed by atoms with Crippen LogP contribution in [-0.2, 0) is 6.54 Å². The third kappa shape index (κ3) is 3.27. The van der Waals surface area contributed by atoms with Crippen molar-refractivity contribution in [1.82, 2.24) is 9.88 Å². The molecule has 0 amide bonds. The van der Waals surface area contributed by atoms with Crippen molar-refractivity contribution < 1.29 is 5.11 Å². The van der Waals surface area contributed by atoms with E-state index in [1.54, 1.807) is 0 Å². The van der Waals surface area contributed by atoms with Gasteiger partial charge in [0.15, 0.2) is 0 Å². The highest BCUT2D eigenvalue weighted by atomic mass is 79.9. The van der Waals surface area contributed by atoms with E-state index < -0.39 is 0 Å². The second-order valence-corrected chi connectivity index (χ2v) is 5.20. The van der Waals surface area contributed by atoms with Crippen molar-refractivity contribution in [3.63, 3.8) is 0 Å². The average molecular weight is 285 g/mol. The zero-order chi connectivity index (χ0) is 11.4. The molecule has 0 aromatic carbocycles. The molecule has 1 N–H and O–H groups in total. The van der Waals surface area contributed by atoms with E-state index in [9.17, 15) is 0 Å². The van der Waals surface area contributed by atoms with Crippen LogP contribution >= 0.6 is 15.9 Å². The monoisotopic (exact) mass is 284 g/mol. The summed E-state index contributed by atoms with van der Waals surface area (Å²) >= 11 is 3.34. The van der Waals surface area contributed by atoms with Crippen molar-refractivity contribution in [2.45, 2.75) is 19.4 Å². The molecule has 88 valence electrons. The smallest absolute Gasteiger partial charge is 0.106 e. The minimum atomic E-state index is 0.341. The summed E-state index contributed by atoms with van der Waals surface area (Å²) in [5.74, 6) is 0.513. The van der Waals surface area contributed by atoms with E-state index in [0.717, 1.165) is 37.1 Å². The van der Waals surface area contributed by atoms with Crippen LogP contribution in [0.3, 0.4) is 0 Å². The van der Waals surface area contributed by atoms with Crippen LogP contribution in [-0.4, -0.2) is 34.7 Å². The number of pyridine rings is 1. The molecule has 0 spiro atoms. The van der Waals surface area contributed by atoms with Crippen molar-refractivity contribution in [3.8, 4) is 0 Å². The lowest BCUT2D eigenvalue weighted by Crippen LogP contribution is -2.34. The predicted molar refractivity (Wildman–Crippen MR) is 67.0 cm³/mol. The maximum atomic E-state index is 9.06. The quantitative estimate of drug-likeness (QED) is 0.863. The summed E-state index contributed by atoms with van der Waals surface area (Å²) in [6.45, 7) is 3.48. The SMILES string of the molecule is OCC1CCN(Cc2ccc(Br)nc2)CC1. The molecule has 1 fully saturated rings. The second-order valence-electron chi connectivity index (χ2n) is 4.39. The molecule has 2 heterocycles. The number of likely N-dealkylation sites (tertiary alicyclic amines) is 1. The molecule has 1 saturated heterocycles. The minimum absolute atomic E-state index is 0.341. The maximum Gasteiger partial charge on any atom is 0.106 e. The standard InChI is InChI=1S/C12H17BrN2O/c13-12-2-1-11(7-14-12)8-15-5-3-10(9-16)4-6-15/h1-2,7,10,16H,3-6,8-9H2. The normalized spacial score (nSPS) is 18.9. The number of aromatic nitrogens is 1. The number of hydrogen-bond acceptors (Lipinski definition) is 3. The number of halogens is 1. The van der Waals surface area contributed by atoms with Crippen LogP contribution in [0.25, 0.3) is 0 Å². The molecule has 0 unspecified atom stereocenters. The van der Waals surface area contributed by atoms with E-state index in [-0.39, 0.29) is 0 Å². The number of nitrogens with zero attached hydrogens (tertiary/aromatic N) is 2. The van der Waals surface area contributed by atoms with Gasteiger partial charge in [-0.15, -0.1) is 0 Å². The van der Waals surface area contributed by atoms with Crippen LogP contribution < -0.4 is 0 Å². The van der Waals surface area contributed by atoms with Gasteiger partial charge in [0.2, 0.25) is 0 Å². The molecule has 2 rings (SSSR count). The Balaban J connectivity index is 1.84. The Morgan fingerprint density at radius 3 is 2.69 bits per heavy atom. The maximum absolute atomic E-state index is 9.06. The molecule has 16 heavy (non-hydrogen) atoms. The summed E-state index contributed by atoms with van der Waals surface area (Å²) in [7, 11) is 0. The predicted octanol–water partition coefficient (Wildman–Crippen LogP) is 2.05. The van der Waals surface area contributed by atoms with Crippen LogP contribution in [0.5, 0.6) is 0 Å². The summed E-state index contributed by atoms with van der Waals surface area (Å²) in [5.41, 5.74) is 1.26. The van der Waals surface area contributed by atoms with E-state index >= 15 is 0 Å². The Hall–Kier alpha value is -0.450. The van der Waals surface area contributed by atoms with Gasteiger partial charge < -0.3 is 5.11 Å². The van der Waals surface area contributed by atoms with Crippen molar-refractivity contribution in [3.05, 3.63) is 28.5 Å². The van der Waals surface area contributed by atoms with Crippen LogP contribution in [0.4, 0.5) is 0 Å². The van der Waals surface area contributed by atoms with Crippen LogP contribution in [0.15, 0.2) is 22.9 Å². The van der Waals surface area contributed by atoms with Gasteiger partial charge in [-0.3, -0.25) is 4.90 Å². The van der Waals surface area contributed by atoms with Gasteiger partial charge in [0.1, 0.15) is 4.60 Å². The van der Waals surface area contributed by atoms with Gasteiger partial charge in [0, 0.05) is 19.3 Å². The Morgan fingerprint density at radius 1 is 1.38 bits per heavy atom. The Morgan fingerprint density at radius 2 is 2.12 bits per heavy atom. The van der Waals surface area contributed by atoms with Gasteiger partial charge in [-0.2, -0.15) is 0 Å². The Kier molecular flexibility index (Phi) is 4.32. The molecule has 1 aliphatic heterocycles. The molecule has 0 radical (unpaired) electrons. The van der Waals surface area contributed by atoms with Gasteiger partial charge >= 0.3 is 0 Å². The summed E-state index contributed by atoms with van der Waals surface area (Å²) in [6, 6.07) is 4.09. The van der Waals surface area contributed by atoms with Gasteiger partial charge in [-0.1, -0.05) is 6.07 Å². The molecule has 4 heteroatoms. The third-order valence-electron chi connectivity index (χ3n) is 3.16. The van der Waals surface area contributed by atoms with Gasteiger partial charge in [-0.05, 0) is 59.4 Å². The molecular formula is C12H17BrN2O. The fourth-order valence-corrected chi connectivity index (χ4v) is 2.32. The van der Waals surface area contributed by atoms with E-state index in [2.05, 4.69) is 31.9 Å². The second kappa shape index (κ2) is 5.75. The third-order valence-corrected chi connectivity index (χ3v) is 3.63. The van der Waals surface area contributed by atoms with Gasteiger partial charge in [-0.25, -0.2) is 4.98 Å². The van der Waals surface area contributed by atoms with Crippen molar-refractivity contribution >= 4 is 15.9 Å². The average Bonchev–Trinajstić information content (AvgIpc) is 2.33. The van der Waals surface area contributed by atoms with Gasteiger partial charge in [0.05, 0.1) is 0 Å². The molecule has 1 aromatic rings. The fourth-order valence-electron chi connectivity index (χ4n) is 2.09. The van der Waals surface area contributed by atoms with Crippen LogP contribution in [0, 0.1) is 5.92 Å². The van der Waals surface area contributed by atoms with E-state index in [0.29, 0.717) is 12.5 Å². The van der Waals surface area contributed by atoms with Crippen LogP contribution in [0.1, 0.15) is 18.4 Å². The molecule has 3 nitrogen and oxygen atoms in total. The van der Waals surface area contributed by atoms with Gasteiger partial charge in [0.25, 0.3) is 0 Å².